The minimum Gasteiger partial charge on any atom is -0.370 e. The fourth-order valence-corrected chi connectivity index (χ4v) is 4.97. The van der Waals surface area contributed by atoms with Crippen molar-refractivity contribution in [2.75, 3.05) is 43.9 Å². The Kier molecular flexibility index (Phi) is 6.78. The van der Waals surface area contributed by atoms with E-state index >= 15 is 0 Å². The number of ketones is 1. The van der Waals surface area contributed by atoms with Crippen LogP contribution in [0.4, 0.5) is 5.82 Å². The van der Waals surface area contributed by atoms with Crippen LogP contribution in [0.2, 0.25) is 5.02 Å². The molecule has 1 aromatic carbocycles. The number of hydrogen-bond acceptors (Lipinski definition) is 7. The lowest BCUT2D eigenvalue weighted by atomic mass is 9.89. The summed E-state index contributed by atoms with van der Waals surface area (Å²) in [6.45, 7) is 8.07. The average molecular weight is 471 g/mol. The summed E-state index contributed by atoms with van der Waals surface area (Å²) in [4.78, 5) is 21.9. The molecule has 0 atom stereocenters. The number of Topliss-reactive ketones (excluding diaryl/α,β-unsaturated/α-hetero) is 1. The number of rotatable bonds is 5. The Hall–Kier alpha value is -2.11. The highest BCUT2D eigenvalue weighted by atomic mass is 35.5. The van der Waals surface area contributed by atoms with E-state index in [0.29, 0.717) is 35.7 Å². The normalized spacial score (nSPS) is 18.2. The van der Waals surface area contributed by atoms with Crippen LogP contribution in [0.3, 0.4) is 0 Å². The number of ether oxygens (including phenoxy) is 1. The molecule has 0 saturated carbocycles. The number of nitriles is 1. The van der Waals surface area contributed by atoms with Gasteiger partial charge in [-0.05, 0) is 49.9 Å². The molecule has 6 nitrogen and oxygen atoms in total. The van der Waals surface area contributed by atoms with Crippen LogP contribution in [0, 0.1) is 11.3 Å². The summed E-state index contributed by atoms with van der Waals surface area (Å²) in [5.74, 6) is 1.02. The molecule has 1 aromatic heterocycles. The van der Waals surface area contributed by atoms with E-state index in [1.807, 2.05) is 6.26 Å². The highest BCUT2D eigenvalue weighted by Crippen LogP contribution is 2.38. The Bertz CT molecular complexity index is 1060. The summed E-state index contributed by atoms with van der Waals surface area (Å²) < 4.78 is 6.08. The van der Waals surface area contributed by atoms with E-state index in [1.165, 1.54) is 11.8 Å². The van der Waals surface area contributed by atoms with E-state index in [-0.39, 0.29) is 11.4 Å². The maximum atomic E-state index is 12.6. The number of thioether (sulfide) groups is 1. The number of aromatic nitrogens is 1. The number of fused-ring (bicyclic) bond motifs is 1. The van der Waals surface area contributed by atoms with Gasteiger partial charge in [0.2, 0.25) is 0 Å². The zero-order chi connectivity index (χ0) is 22.9. The van der Waals surface area contributed by atoms with Crippen molar-refractivity contribution in [2.24, 2.45) is 0 Å². The van der Waals surface area contributed by atoms with E-state index in [0.717, 1.165) is 48.1 Å². The van der Waals surface area contributed by atoms with Crippen molar-refractivity contribution in [1.29, 1.82) is 5.26 Å². The first-order chi connectivity index (χ1) is 15.3. The second-order valence-electron chi connectivity index (χ2n) is 8.81. The molecule has 168 valence electrons. The molecule has 0 spiro atoms. The number of carbonyl (C=O) groups excluding carboxylic acids is 1. The molecule has 8 heteroatoms. The van der Waals surface area contributed by atoms with Gasteiger partial charge in [-0.3, -0.25) is 9.69 Å². The lowest BCUT2D eigenvalue weighted by Gasteiger charge is -2.39. The molecule has 1 saturated heterocycles. The summed E-state index contributed by atoms with van der Waals surface area (Å²) in [6.07, 6.45) is 2.66. The molecule has 0 amide bonds. The lowest BCUT2D eigenvalue weighted by molar-refractivity contribution is -0.0402. The minimum atomic E-state index is -0.298. The molecule has 2 aliphatic heterocycles. The standard InChI is InChI=1S/C24H27ClN4O2S/c1-24(2)12-18-19(13-26)23(32-3)27-22(20(18)15-31-24)29-10-8-28(9-11-29)14-21(30)16-4-6-17(25)7-5-16/h4-7H,8-12,14-15H2,1-3H3. The first-order valence-electron chi connectivity index (χ1n) is 10.7. The van der Waals surface area contributed by atoms with Gasteiger partial charge >= 0.3 is 0 Å². The third-order valence-electron chi connectivity index (χ3n) is 6.08. The van der Waals surface area contributed by atoms with Crippen molar-refractivity contribution in [2.45, 2.75) is 37.5 Å². The van der Waals surface area contributed by atoms with Gasteiger partial charge in [-0.1, -0.05) is 11.6 Å². The molecular formula is C24H27ClN4O2S. The number of halogens is 1. The summed E-state index contributed by atoms with van der Waals surface area (Å²) in [5, 5.41) is 11.2. The Labute approximate surface area is 198 Å². The third kappa shape index (κ3) is 4.79. The molecule has 32 heavy (non-hydrogen) atoms. The number of pyridine rings is 1. The molecule has 2 aliphatic rings. The van der Waals surface area contributed by atoms with Crippen LogP contribution in [0.5, 0.6) is 0 Å². The van der Waals surface area contributed by atoms with Crippen LogP contribution >= 0.6 is 23.4 Å². The van der Waals surface area contributed by atoms with Crippen LogP contribution in [0.1, 0.15) is 40.9 Å². The zero-order valence-electron chi connectivity index (χ0n) is 18.7. The molecule has 1 fully saturated rings. The van der Waals surface area contributed by atoms with Crippen molar-refractivity contribution in [3.05, 3.63) is 51.5 Å². The predicted octanol–water partition coefficient (Wildman–Crippen LogP) is 4.18. The largest absolute Gasteiger partial charge is 0.370 e. The van der Waals surface area contributed by atoms with E-state index in [2.05, 4.69) is 29.7 Å². The second-order valence-corrected chi connectivity index (χ2v) is 10.0. The van der Waals surface area contributed by atoms with Crippen LogP contribution in [-0.4, -0.2) is 60.2 Å². The van der Waals surface area contributed by atoms with Gasteiger partial charge in [0.15, 0.2) is 5.78 Å². The quantitative estimate of drug-likeness (QED) is 0.479. The predicted molar refractivity (Wildman–Crippen MR) is 128 cm³/mol. The van der Waals surface area contributed by atoms with Crippen molar-refractivity contribution < 1.29 is 9.53 Å². The topological polar surface area (TPSA) is 69.5 Å². The van der Waals surface area contributed by atoms with Gasteiger partial charge in [0.05, 0.1) is 24.3 Å². The monoisotopic (exact) mass is 470 g/mol. The second kappa shape index (κ2) is 9.40. The first-order valence-corrected chi connectivity index (χ1v) is 12.3. The third-order valence-corrected chi connectivity index (χ3v) is 7.01. The fourth-order valence-electron chi connectivity index (χ4n) is 4.30. The summed E-state index contributed by atoms with van der Waals surface area (Å²) >= 11 is 7.44. The number of nitrogens with zero attached hydrogens (tertiary/aromatic N) is 4. The molecule has 3 heterocycles. The van der Waals surface area contributed by atoms with Gasteiger partial charge in [0, 0.05) is 48.7 Å². The highest BCUT2D eigenvalue weighted by molar-refractivity contribution is 7.98. The number of piperazine rings is 1. The van der Waals surface area contributed by atoms with Crippen LogP contribution in [0.25, 0.3) is 0 Å². The molecule has 2 aromatic rings. The SMILES string of the molecule is CSc1nc(N2CCN(CC(=O)c3ccc(Cl)cc3)CC2)c2c(c1C#N)CC(C)(C)OC2. The van der Waals surface area contributed by atoms with Crippen molar-refractivity contribution in [3.8, 4) is 6.07 Å². The van der Waals surface area contributed by atoms with Crippen LogP contribution in [0.15, 0.2) is 29.3 Å². The van der Waals surface area contributed by atoms with Gasteiger partial charge in [-0.2, -0.15) is 5.26 Å². The highest BCUT2D eigenvalue weighted by Gasteiger charge is 2.33. The minimum absolute atomic E-state index is 0.101. The number of anilines is 1. The van der Waals surface area contributed by atoms with Gasteiger partial charge in [-0.15, -0.1) is 11.8 Å². The Balaban J connectivity index is 1.50. The van der Waals surface area contributed by atoms with Gasteiger partial charge in [0.25, 0.3) is 0 Å². The maximum absolute atomic E-state index is 12.6. The molecule has 0 unspecified atom stereocenters. The van der Waals surface area contributed by atoms with Gasteiger partial charge < -0.3 is 9.64 Å². The molecule has 0 aliphatic carbocycles. The van der Waals surface area contributed by atoms with Gasteiger partial charge in [0.1, 0.15) is 16.9 Å². The van der Waals surface area contributed by atoms with E-state index in [4.69, 9.17) is 21.3 Å². The smallest absolute Gasteiger partial charge is 0.176 e. The summed E-state index contributed by atoms with van der Waals surface area (Å²) in [6, 6.07) is 9.43. The Morgan fingerprint density at radius 2 is 1.91 bits per heavy atom. The van der Waals surface area contributed by atoms with Crippen molar-refractivity contribution in [3.63, 3.8) is 0 Å². The zero-order valence-corrected chi connectivity index (χ0v) is 20.2. The summed E-state index contributed by atoms with van der Waals surface area (Å²) in [5.41, 5.74) is 3.17. The molecule has 0 N–H and O–H groups in total. The average Bonchev–Trinajstić information content (AvgIpc) is 2.78. The van der Waals surface area contributed by atoms with E-state index < -0.39 is 0 Å². The van der Waals surface area contributed by atoms with E-state index in [1.54, 1.807) is 24.3 Å². The molecule has 0 bridgehead atoms. The molecule has 4 rings (SSSR count). The Morgan fingerprint density at radius 1 is 1.22 bits per heavy atom. The van der Waals surface area contributed by atoms with Crippen molar-refractivity contribution in [1.82, 2.24) is 9.88 Å². The fraction of sp³-hybridized carbons (Fsp3) is 0.458. The van der Waals surface area contributed by atoms with Crippen molar-refractivity contribution >= 4 is 35.0 Å². The molecular weight excluding hydrogens is 444 g/mol. The van der Waals surface area contributed by atoms with Crippen LogP contribution < -0.4 is 4.90 Å². The van der Waals surface area contributed by atoms with Crippen LogP contribution in [-0.2, 0) is 17.8 Å². The Morgan fingerprint density at radius 3 is 2.53 bits per heavy atom. The first kappa shape index (κ1) is 23.1. The maximum Gasteiger partial charge on any atom is 0.176 e. The number of carbonyl (C=O) groups is 1. The lowest BCUT2D eigenvalue weighted by Crippen LogP contribution is -2.49. The van der Waals surface area contributed by atoms with Gasteiger partial charge in [-0.25, -0.2) is 4.98 Å². The number of hydrogen-bond donors (Lipinski definition) is 0. The molecule has 0 radical (unpaired) electrons. The van der Waals surface area contributed by atoms with E-state index in [9.17, 15) is 10.1 Å². The number of benzene rings is 1. The summed E-state index contributed by atoms with van der Waals surface area (Å²) in [7, 11) is 0.